The lowest BCUT2D eigenvalue weighted by Gasteiger charge is -2.11. The smallest absolute Gasteiger partial charge is 0.434 e. The molecule has 0 radical (unpaired) electrons. The van der Waals surface area contributed by atoms with Crippen LogP contribution in [0.1, 0.15) is 18.1 Å². The lowest BCUT2D eigenvalue weighted by Crippen LogP contribution is -2.19. The number of hydrogen-bond acceptors (Lipinski definition) is 8. The number of benzene rings is 4. The van der Waals surface area contributed by atoms with Crippen molar-refractivity contribution >= 4 is 40.9 Å². The summed E-state index contributed by atoms with van der Waals surface area (Å²) in [6.07, 6.45) is 0.574. The van der Waals surface area contributed by atoms with Gasteiger partial charge in [0.05, 0.1) is 17.7 Å². The topological polar surface area (TPSA) is 170 Å². The number of hydrogen-bond donors (Lipinski definition) is 4. The van der Waals surface area contributed by atoms with E-state index in [-0.39, 0.29) is 18.0 Å². The third kappa shape index (κ3) is 12.1. The lowest BCUT2D eigenvalue weighted by atomic mass is 10.0. The molecule has 4 aromatic heterocycles. The van der Waals surface area contributed by atoms with E-state index in [9.17, 15) is 40.7 Å². The van der Waals surface area contributed by atoms with Gasteiger partial charge >= 0.3 is 30.5 Å². The first-order valence-corrected chi connectivity index (χ1v) is 20.4. The molecule has 0 saturated heterocycles. The summed E-state index contributed by atoms with van der Waals surface area (Å²) in [6, 6.07) is 28.4. The van der Waals surface area contributed by atoms with Crippen molar-refractivity contribution in [1.82, 2.24) is 29.5 Å². The summed E-state index contributed by atoms with van der Waals surface area (Å²) in [4.78, 5) is 45.1. The van der Waals surface area contributed by atoms with Crippen LogP contribution in [0.15, 0.2) is 159 Å². The van der Waals surface area contributed by atoms with E-state index in [1.807, 2.05) is 31.4 Å². The third-order valence-corrected chi connectivity index (χ3v) is 9.71. The van der Waals surface area contributed by atoms with E-state index in [2.05, 4.69) is 41.4 Å². The zero-order valence-electron chi connectivity index (χ0n) is 35.8. The number of alkyl halides is 6. The van der Waals surface area contributed by atoms with Gasteiger partial charge in [0.1, 0.15) is 11.4 Å². The number of carbonyl (C=O) groups is 3. The lowest BCUT2D eigenvalue weighted by molar-refractivity contribution is -0.138. The molecule has 0 atom stereocenters. The molecule has 0 saturated carbocycles. The van der Waals surface area contributed by atoms with Crippen molar-refractivity contribution in [3.63, 3.8) is 0 Å². The molecule has 0 fully saturated rings. The quantitative estimate of drug-likeness (QED) is 0.104. The second kappa shape index (κ2) is 20.6. The molecule has 4 amide bonds. The van der Waals surface area contributed by atoms with Crippen LogP contribution in [0.5, 0.6) is 0 Å². The maximum atomic E-state index is 12.7. The van der Waals surface area contributed by atoms with Crippen LogP contribution in [0.25, 0.3) is 44.8 Å². The van der Waals surface area contributed by atoms with Gasteiger partial charge in [0.2, 0.25) is 0 Å². The zero-order chi connectivity index (χ0) is 48.4. The average molecular weight is 933 g/mol. The van der Waals surface area contributed by atoms with Crippen LogP contribution in [-0.4, -0.2) is 54.3 Å². The third-order valence-electron chi connectivity index (χ3n) is 9.71. The van der Waals surface area contributed by atoms with Gasteiger partial charge in [-0.1, -0.05) is 24.3 Å². The number of aromatic nitrogens is 6. The molecular weight excluding hydrogens is 895 g/mol. The molecular formula is C48H38F6N10O4. The summed E-state index contributed by atoms with van der Waals surface area (Å²) in [6.45, 7) is 1.88. The van der Waals surface area contributed by atoms with Gasteiger partial charge in [-0.2, -0.15) is 41.2 Å². The van der Waals surface area contributed by atoms with Crippen molar-refractivity contribution < 1.29 is 45.5 Å². The summed E-state index contributed by atoms with van der Waals surface area (Å²) in [5.74, 6) is 0. The number of aryl methyl sites for hydroxylation is 1. The van der Waals surface area contributed by atoms with E-state index in [1.165, 1.54) is 24.3 Å². The van der Waals surface area contributed by atoms with E-state index in [0.717, 1.165) is 56.9 Å². The summed E-state index contributed by atoms with van der Waals surface area (Å²) in [5.41, 5.74) is 5.69. The second-order valence-corrected chi connectivity index (χ2v) is 14.5. The van der Waals surface area contributed by atoms with E-state index in [0.29, 0.717) is 28.2 Å². The van der Waals surface area contributed by atoms with E-state index in [4.69, 9.17) is 4.74 Å². The van der Waals surface area contributed by atoms with Gasteiger partial charge in [-0.05, 0) is 115 Å². The summed E-state index contributed by atoms with van der Waals surface area (Å²) < 4.78 is 84.1. The van der Waals surface area contributed by atoms with Crippen LogP contribution in [0.2, 0.25) is 0 Å². The number of nitrogens with one attached hydrogen (secondary N) is 4. The maximum Gasteiger partial charge on any atom is 0.434 e. The van der Waals surface area contributed by atoms with Crippen LogP contribution < -0.4 is 21.3 Å². The van der Waals surface area contributed by atoms with Crippen LogP contribution in [-0.2, 0) is 24.1 Å². The Hall–Kier alpha value is -8.81. The summed E-state index contributed by atoms with van der Waals surface area (Å²) >= 11 is 0. The highest BCUT2D eigenvalue weighted by molar-refractivity contribution is 6.01. The fourth-order valence-corrected chi connectivity index (χ4v) is 6.62. The monoisotopic (exact) mass is 932 g/mol. The molecule has 4 N–H and O–H groups in total. The molecule has 0 aliphatic heterocycles. The summed E-state index contributed by atoms with van der Waals surface area (Å²) in [7, 11) is 1.83. The molecule has 20 heteroatoms. The van der Waals surface area contributed by atoms with Crippen LogP contribution in [0.3, 0.4) is 0 Å². The molecule has 4 aromatic carbocycles. The fourth-order valence-electron chi connectivity index (χ4n) is 6.62. The van der Waals surface area contributed by atoms with Gasteiger partial charge < -0.3 is 26.0 Å². The molecule has 4 heterocycles. The molecule has 0 spiro atoms. The minimum atomic E-state index is -4.46. The Kier molecular flexibility index (Phi) is 14.3. The standard InChI is InChI=1S/C25H20F3N5O3.C23H18F3N5O/c1-2-36-24(35)33-15-21(16-10-12-29-13-11-16)22(32-33)17-4-3-5-20(14-17)31-23(34)30-19-8-6-18(7-9-19)25(26,27)28;1-31-14-20(15-9-11-27-12-10-15)21(30-31)16-3-2-4-19(13-16)29-22(32)28-18-7-5-17(6-8-18)23(24,25)26/h3-15H,2H2,1H3,(H2,30,31,34);2-14H,1H3,(H2,28,29,32). The predicted molar refractivity (Wildman–Crippen MR) is 243 cm³/mol. The molecule has 0 aliphatic rings. The fraction of sp³-hybridized carbons (Fsp3) is 0.104. The van der Waals surface area contributed by atoms with Crippen molar-refractivity contribution in [3.8, 4) is 44.8 Å². The van der Waals surface area contributed by atoms with Crippen molar-refractivity contribution in [2.24, 2.45) is 7.05 Å². The number of halogens is 6. The first-order chi connectivity index (χ1) is 32.5. The maximum absolute atomic E-state index is 12.7. The highest BCUT2D eigenvalue weighted by Gasteiger charge is 2.31. The normalized spacial score (nSPS) is 11.2. The predicted octanol–water partition coefficient (Wildman–Crippen LogP) is 12.1. The first kappa shape index (κ1) is 47.2. The Labute approximate surface area is 383 Å². The molecule has 0 unspecified atom stereocenters. The van der Waals surface area contributed by atoms with E-state index >= 15 is 0 Å². The number of ether oxygens (including phenoxy) is 1. The van der Waals surface area contributed by atoms with Crippen molar-refractivity contribution in [2.45, 2.75) is 19.3 Å². The Morgan fingerprint density at radius 3 is 1.37 bits per heavy atom. The molecule has 346 valence electrons. The van der Waals surface area contributed by atoms with Crippen LogP contribution in [0, 0.1) is 0 Å². The van der Waals surface area contributed by atoms with Crippen molar-refractivity contribution in [2.75, 3.05) is 27.9 Å². The first-order valence-electron chi connectivity index (χ1n) is 20.4. The van der Waals surface area contributed by atoms with Crippen molar-refractivity contribution in [3.05, 3.63) is 170 Å². The number of anilines is 4. The zero-order valence-corrected chi connectivity index (χ0v) is 35.8. The Bertz CT molecular complexity index is 3010. The number of urea groups is 2. The Morgan fingerprint density at radius 2 is 0.941 bits per heavy atom. The number of pyridine rings is 2. The molecule has 14 nitrogen and oxygen atoms in total. The molecule has 0 aliphatic carbocycles. The van der Waals surface area contributed by atoms with Gasteiger partial charge in [0.25, 0.3) is 0 Å². The highest BCUT2D eigenvalue weighted by Crippen LogP contribution is 2.35. The minimum absolute atomic E-state index is 0.187. The van der Waals surface area contributed by atoms with Crippen LogP contribution in [0.4, 0.5) is 63.5 Å². The Balaban J connectivity index is 0.000000203. The number of amides is 4. The molecule has 0 bridgehead atoms. The van der Waals surface area contributed by atoms with Gasteiger partial charge in [-0.15, -0.1) is 0 Å². The minimum Gasteiger partial charge on any atom is -0.448 e. The largest absolute Gasteiger partial charge is 0.448 e. The SMILES string of the molecule is CCOC(=O)n1cc(-c2ccncc2)c(-c2cccc(NC(=O)Nc3ccc(C(F)(F)F)cc3)c2)n1.Cn1cc(-c2ccncc2)c(-c2cccc(NC(=O)Nc3ccc(C(F)(F)F)cc3)c2)n1. The van der Waals surface area contributed by atoms with Crippen molar-refractivity contribution in [1.29, 1.82) is 0 Å². The molecule has 68 heavy (non-hydrogen) atoms. The van der Waals surface area contributed by atoms with Crippen LogP contribution >= 0.6 is 0 Å². The molecule has 8 rings (SSSR count). The molecule has 8 aromatic rings. The van der Waals surface area contributed by atoms with Gasteiger partial charge in [-0.25, -0.2) is 14.4 Å². The van der Waals surface area contributed by atoms with E-state index < -0.39 is 41.6 Å². The number of carbonyl (C=O) groups excluding carboxylic acids is 3. The second-order valence-electron chi connectivity index (χ2n) is 14.5. The van der Waals surface area contributed by atoms with Gasteiger partial charge in [0.15, 0.2) is 0 Å². The van der Waals surface area contributed by atoms with Gasteiger partial charge in [-0.3, -0.25) is 14.6 Å². The number of nitrogens with zero attached hydrogens (tertiary/aromatic N) is 6. The van der Waals surface area contributed by atoms with E-state index in [1.54, 1.807) is 97.2 Å². The highest BCUT2D eigenvalue weighted by atomic mass is 19.4. The Morgan fingerprint density at radius 1 is 0.529 bits per heavy atom. The average Bonchev–Trinajstić information content (AvgIpc) is 3.95. The summed E-state index contributed by atoms with van der Waals surface area (Å²) in [5, 5.41) is 19.3. The number of rotatable bonds is 9. The van der Waals surface area contributed by atoms with Gasteiger partial charge in [0, 0.05) is 89.2 Å².